The lowest BCUT2D eigenvalue weighted by Gasteiger charge is -2.11. The molecule has 6 heteroatoms. The number of phenols is 2. The van der Waals surface area contributed by atoms with Crippen LogP contribution in [-0.2, 0) is 0 Å². The number of phenolic OH excluding ortho intramolecular Hbond substituents is 2. The Hall–Kier alpha value is -3.15. The van der Waals surface area contributed by atoms with Crippen LogP contribution in [0.4, 0.5) is 0 Å². The third-order valence-electron chi connectivity index (χ3n) is 3.55. The second-order valence-corrected chi connectivity index (χ2v) is 4.89. The van der Waals surface area contributed by atoms with Gasteiger partial charge in [0.15, 0.2) is 16.9 Å². The maximum absolute atomic E-state index is 12.6. The van der Waals surface area contributed by atoms with Crippen LogP contribution < -0.4 is 14.9 Å². The van der Waals surface area contributed by atoms with Crippen LogP contribution in [0.15, 0.2) is 45.8 Å². The summed E-state index contributed by atoms with van der Waals surface area (Å²) in [6.07, 6.45) is 1.30. The molecule has 2 N–H and O–H groups in total. The fourth-order valence-corrected chi connectivity index (χ4v) is 2.37. The van der Waals surface area contributed by atoms with E-state index >= 15 is 0 Å². The van der Waals surface area contributed by atoms with Crippen molar-refractivity contribution in [2.75, 3.05) is 14.2 Å². The molecule has 0 saturated heterocycles. The molecule has 2 aromatic carbocycles. The van der Waals surface area contributed by atoms with E-state index in [2.05, 4.69) is 0 Å². The zero-order chi connectivity index (χ0) is 16.6. The van der Waals surface area contributed by atoms with Gasteiger partial charge in [-0.05, 0) is 29.8 Å². The highest BCUT2D eigenvalue weighted by atomic mass is 16.5. The van der Waals surface area contributed by atoms with Crippen LogP contribution in [0, 0.1) is 0 Å². The van der Waals surface area contributed by atoms with Crippen molar-refractivity contribution < 1.29 is 24.1 Å². The predicted octanol–water partition coefficient (Wildman–Crippen LogP) is 2.89. The molecule has 0 atom stereocenters. The van der Waals surface area contributed by atoms with Crippen molar-refractivity contribution in [3.8, 4) is 34.1 Å². The molecule has 3 aromatic rings. The zero-order valence-electron chi connectivity index (χ0n) is 12.5. The third kappa shape index (κ3) is 2.44. The molecule has 1 heterocycles. The van der Waals surface area contributed by atoms with Crippen LogP contribution >= 0.6 is 0 Å². The molecule has 1 aromatic heterocycles. The van der Waals surface area contributed by atoms with E-state index in [0.29, 0.717) is 16.5 Å². The number of fused-ring (bicyclic) bond motifs is 1. The van der Waals surface area contributed by atoms with Crippen molar-refractivity contribution in [2.24, 2.45) is 0 Å². The monoisotopic (exact) mass is 314 g/mol. The maximum Gasteiger partial charge on any atom is 0.200 e. The number of hydrogen-bond acceptors (Lipinski definition) is 6. The normalized spacial score (nSPS) is 10.7. The van der Waals surface area contributed by atoms with E-state index in [-0.39, 0.29) is 34.0 Å². The molecule has 0 aliphatic heterocycles. The summed E-state index contributed by atoms with van der Waals surface area (Å²) in [5.74, 6) is 0.240. The lowest BCUT2D eigenvalue weighted by atomic mass is 10.0. The van der Waals surface area contributed by atoms with Gasteiger partial charge in [0.1, 0.15) is 17.6 Å². The van der Waals surface area contributed by atoms with Gasteiger partial charge in [0.2, 0.25) is 5.75 Å². The highest BCUT2D eigenvalue weighted by Gasteiger charge is 2.16. The highest BCUT2D eigenvalue weighted by molar-refractivity contribution is 5.83. The Morgan fingerprint density at radius 2 is 1.65 bits per heavy atom. The summed E-state index contributed by atoms with van der Waals surface area (Å²) < 4.78 is 15.6. The van der Waals surface area contributed by atoms with Gasteiger partial charge < -0.3 is 24.1 Å². The lowest BCUT2D eigenvalue weighted by molar-refractivity contribution is 0.340. The van der Waals surface area contributed by atoms with Crippen molar-refractivity contribution in [3.05, 3.63) is 46.8 Å². The second kappa shape index (κ2) is 5.57. The molecule has 0 bridgehead atoms. The average Bonchev–Trinajstić information content (AvgIpc) is 2.55. The number of aromatic hydroxyl groups is 2. The minimum Gasteiger partial charge on any atom is -0.508 e. The Morgan fingerprint density at radius 3 is 2.26 bits per heavy atom. The van der Waals surface area contributed by atoms with Gasteiger partial charge in [0, 0.05) is 6.07 Å². The van der Waals surface area contributed by atoms with E-state index in [1.807, 2.05) is 0 Å². The highest BCUT2D eigenvalue weighted by Crippen LogP contribution is 2.39. The molecule has 3 rings (SSSR count). The van der Waals surface area contributed by atoms with Crippen LogP contribution in [-0.4, -0.2) is 24.4 Å². The number of methoxy groups -OCH3 is 2. The summed E-state index contributed by atoms with van der Waals surface area (Å²) in [6, 6.07) is 7.33. The summed E-state index contributed by atoms with van der Waals surface area (Å²) in [5, 5.41) is 19.7. The molecular formula is C17H14O6. The molecule has 0 unspecified atom stereocenters. The molecule has 0 saturated carbocycles. The van der Waals surface area contributed by atoms with Gasteiger partial charge in [-0.1, -0.05) is 0 Å². The van der Waals surface area contributed by atoms with Crippen molar-refractivity contribution in [1.82, 2.24) is 0 Å². The number of benzene rings is 2. The van der Waals surface area contributed by atoms with Gasteiger partial charge in [0.05, 0.1) is 25.2 Å². The molecule has 0 radical (unpaired) electrons. The van der Waals surface area contributed by atoms with E-state index in [9.17, 15) is 15.0 Å². The number of rotatable bonds is 3. The van der Waals surface area contributed by atoms with Gasteiger partial charge in [-0.25, -0.2) is 0 Å². The Balaban J connectivity index is 2.27. The molecule has 23 heavy (non-hydrogen) atoms. The zero-order valence-corrected chi connectivity index (χ0v) is 12.5. The number of hydrogen-bond donors (Lipinski definition) is 2. The number of ether oxygens (including phenoxy) is 2. The molecular weight excluding hydrogens is 300 g/mol. The minimum atomic E-state index is -0.263. The van der Waals surface area contributed by atoms with Crippen LogP contribution in [0.25, 0.3) is 22.1 Å². The smallest absolute Gasteiger partial charge is 0.200 e. The van der Waals surface area contributed by atoms with Crippen molar-refractivity contribution in [2.45, 2.75) is 0 Å². The Labute approximate surface area is 131 Å². The van der Waals surface area contributed by atoms with Gasteiger partial charge in [-0.15, -0.1) is 0 Å². The average molecular weight is 314 g/mol. The van der Waals surface area contributed by atoms with Crippen molar-refractivity contribution >= 4 is 11.0 Å². The minimum absolute atomic E-state index is 0.0152. The SMILES string of the molecule is COc1cc(-c2coc3cc(O)ccc3c2=O)cc(OC)c1O. The van der Waals surface area contributed by atoms with E-state index in [1.54, 1.807) is 0 Å². The Morgan fingerprint density at radius 1 is 1.00 bits per heavy atom. The topological polar surface area (TPSA) is 89.1 Å². The molecule has 0 amide bonds. The molecule has 118 valence electrons. The first-order valence-corrected chi connectivity index (χ1v) is 6.75. The van der Waals surface area contributed by atoms with Crippen molar-refractivity contribution in [1.29, 1.82) is 0 Å². The van der Waals surface area contributed by atoms with E-state index < -0.39 is 0 Å². The summed E-state index contributed by atoms with van der Waals surface area (Å²) in [6.45, 7) is 0. The van der Waals surface area contributed by atoms with E-state index in [0.717, 1.165) is 0 Å². The van der Waals surface area contributed by atoms with E-state index in [1.165, 1.54) is 50.8 Å². The maximum atomic E-state index is 12.6. The van der Waals surface area contributed by atoms with Gasteiger partial charge in [-0.2, -0.15) is 0 Å². The van der Waals surface area contributed by atoms with Gasteiger partial charge >= 0.3 is 0 Å². The fraction of sp³-hybridized carbons (Fsp3) is 0.118. The van der Waals surface area contributed by atoms with Gasteiger partial charge in [-0.3, -0.25) is 4.79 Å². The Kier molecular flexibility index (Phi) is 3.57. The first kappa shape index (κ1) is 14.8. The molecule has 0 spiro atoms. The largest absolute Gasteiger partial charge is 0.508 e. The molecule has 6 nitrogen and oxygen atoms in total. The van der Waals surface area contributed by atoms with Crippen LogP contribution in [0.2, 0.25) is 0 Å². The standard InChI is InChI=1S/C17H14O6/c1-21-14-5-9(6-15(22-2)17(14)20)12-8-23-13-7-10(18)3-4-11(13)16(12)19/h3-8,18,20H,1-2H3. The van der Waals surface area contributed by atoms with Gasteiger partial charge in [0.25, 0.3) is 0 Å². The molecule has 0 aliphatic rings. The lowest BCUT2D eigenvalue weighted by Crippen LogP contribution is -2.05. The quantitative estimate of drug-likeness (QED) is 0.772. The second-order valence-electron chi connectivity index (χ2n) is 4.89. The summed E-state index contributed by atoms with van der Waals surface area (Å²) in [4.78, 5) is 12.6. The van der Waals surface area contributed by atoms with Crippen LogP contribution in [0.3, 0.4) is 0 Å². The first-order chi connectivity index (χ1) is 11.0. The van der Waals surface area contributed by atoms with Crippen molar-refractivity contribution in [3.63, 3.8) is 0 Å². The summed E-state index contributed by atoms with van der Waals surface area (Å²) >= 11 is 0. The van der Waals surface area contributed by atoms with E-state index in [4.69, 9.17) is 13.9 Å². The Bertz CT molecular complexity index is 916. The molecule has 0 aliphatic carbocycles. The van der Waals surface area contributed by atoms with Crippen LogP contribution in [0.1, 0.15) is 0 Å². The predicted molar refractivity (Wildman–Crippen MR) is 84.4 cm³/mol. The third-order valence-corrected chi connectivity index (χ3v) is 3.55. The fourth-order valence-electron chi connectivity index (χ4n) is 2.37. The first-order valence-electron chi connectivity index (χ1n) is 6.75. The summed E-state index contributed by atoms with van der Waals surface area (Å²) in [5.41, 5.74) is 0.803. The van der Waals surface area contributed by atoms with Crippen LogP contribution in [0.5, 0.6) is 23.0 Å². The molecule has 0 fully saturated rings. The summed E-state index contributed by atoms with van der Waals surface area (Å²) in [7, 11) is 2.81.